The number of halogens is 1. The third kappa shape index (κ3) is 2.52. The molecule has 5 nitrogen and oxygen atoms in total. The molecule has 0 spiro atoms. The average molecular weight is 257 g/mol. The number of aryl methyl sites for hydroxylation is 1. The molecule has 0 atom stereocenters. The van der Waals surface area contributed by atoms with E-state index in [1.165, 1.54) is 16.8 Å². The zero-order valence-electron chi connectivity index (χ0n) is 10.3. The number of nitrogens with one attached hydrogen (secondary N) is 1. The van der Waals surface area contributed by atoms with Gasteiger partial charge in [-0.2, -0.15) is 4.98 Å². The number of hydrogen-bond acceptors (Lipinski definition) is 4. The van der Waals surface area contributed by atoms with E-state index in [4.69, 9.17) is 0 Å². The van der Waals surface area contributed by atoms with Crippen LogP contribution in [0.4, 0.5) is 10.3 Å². The van der Waals surface area contributed by atoms with E-state index in [2.05, 4.69) is 20.4 Å². The molecule has 0 radical (unpaired) electrons. The number of pyridine rings is 2. The van der Waals surface area contributed by atoms with E-state index in [-0.39, 0.29) is 5.82 Å². The molecular weight excluding hydrogens is 245 g/mol. The molecule has 3 aromatic heterocycles. The first kappa shape index (κ1) is 11.6. The second-order valence-electron chi connectivity index (χ2n) is 4.25. The molecule has 0 aliphatic heterocycles. The SMILES string of the molecule is Cc1ccc(CNc2nc3ccc(F)cn3n2)cn1. The third-order valence-electron chi connectivity index (χ3n) is 2.72. The molecule has 6 heteroatoms. The summed E-state index contributed by atoms with van der Waals surface area (Å²) < 4.78 is 14.4. The second-order valence-corrected chi connectivity index (χ2v) is 4.25. The van der Waals surface area contributed by atoms with Gasteiger partial charge in [-0.25, -0.2) is 8.91 Å². The number of rotatable bonds is 3. The Morgan fingerprint density at radius 1 is 1.26 bits per heavy atom. The predicted molar refractivity (Wildman–Crippen MR) is 69.2 cm³/mol. The Labute approximate surface area is 109 Å². The van der Waals surface area contributed by atoms with Crippen molar-refractivity contribution in [2.24, 2.45) is 0 Å². The van der Waals surface area contributed by atoms with E-state index in [0.717, 1.165) is 11.3 Å². The highest BCUT2D eigenvalue weighted by Gasteiger charge is 2.03. The molecular formula is C13H12FN5. The van der Waals surface area contributed by atoms with Crippen LogP contribution in [0.5, 0.6) is 0 Å². The monoisotopic (exact) mass is 257 g/mol. The van der Waals surface area contributed by atoms with Crippen LogP contribution in [-0.2, 0) is 6.54 Å². The van der Waals surface area contributed by atoms with Crippen molar-refractivity contribution in [3.05, 3.63) is 53.7 Å². The summed E-state index contributed by atoms with van der Waals surface area (Å²) in [5.74, 6) is 0.123. The van der Waals surface area contributed by atoms with Crippen LogP contribution < -0.4 is 5.32 Å². The summed E-state index contributed by atoms with van der Waals surface area (Å²) >= 11 is 0. The lowest BCUT2D eigenvalue weighted by Crippen LogP contribution is -2.01. The van der Waals surface area contributed by atoms with Crippen molar-refractivity contribution in [1.29, 1.82) is 0 Å². The maximum atomic E-state index is 13.0. The summed E-state index contributed by atoms with van der Waals surface area (Å²) in [6, 6.07) is 6.88. The van der Waals surface area contributed by atoms with Gasteiger partial charge in [-0.15, -0.1) is 5.10 Å². The number of aromatic nitrogens is 4. The van der Waals surface area contributed by atoms with E-state index >= 15 is 0 Å². The fourth-order valence-corrected chi connectivity index (χ4v) is 1.72. The molecule has 0 amide bonds. The average Bonchev–Trinajstić information content (AvgIpc) is 2.80. The maximum Gasteiger partial charge on any atom is 0.243 e. The minimum Gasteiger partial charge on any atom is -0.349 e. The van der Waals surface area contributed by atoms with Crippen molar-refractivity contribution in [1.82, 2.24) is 19.6 Å². The molecule has 3 aromatic rings. The molecule has 96 valence electrons. The number of nitrogens with zero attached hydrogens (tertiary/aromatic N) is 4. The highest BCUT2D eigenvalue weighted by molar-refractivity contribution is 5.43. The van der Waals surface area contributed by atoms with Crippen molar-refractivity contribution < 1.29 is 4.39 Å². The molecule has 0 aliphatic carbocycles. The maximum absolute atomic E-state index is 13.0. The molecule has 19 heavy (non-hydrogen) atoms. The summed E-state index contributed by atoms with van der Waals surface area (Å²) in [5.41, 5.74) is 2.62. The van der Waals surface area contributed by atoms with Crippen LogP contribution in [0.2, 0.25) is 0 Å². The van der Waals surface area contributed by atoms with E-state index in [1.807, 2.05) is 19.1 Å². The standard InChI is InChI=1S/C13H12FN5/c1-9-2-3-10(6-15-9)7-16-13-17-12-5-4-11(14)8-19(12)18-13/h2-6,8H,7H2,1H3,(H,16,18). The minimum atomic E-state index is -0.341. The first-order valence-electron chi connectivity index (χ1n) is 5.88. The molecule has 0 aliphatic rings. The molecule has 3 rings (SSSR count). The number of fused-ring (bicyclic) bond motifs is 1. The van der Waals surface area contributed by atoms with Gasteiger partial charge in [0.1, 0.15) is 5.82 Å². The van der Waals surface area contributed by atoms with E-state index in [9.17, 15) is 4.39 Å². The zero-order chi connectivity index (χ0) is 13.2. The first-order chi connectivity index (χ1) is 9.20. The Morgan fingerprint density at radius 3 is 2.95 bits per heavy atom. The number of hydrogen-bond donors (Lipinski definition) is 1. The first-order valence-corrected chi connectivity index (χ1v) is 5.88. The molecule has 0 unspecified atom stereocenters. The fourth-order valence-electron chi connectivity index (χ4n) is 1.72. The summed E-state index contributed by atoms with van der Waals surface area (Å²) in [5, 5.41) is 7.22. The predicted octanol–water partition coefficient (Wildman–Crippen LogP) is 2.18. The fraction of sp³-hybridized carbons (Fsp3) is 0.154. The van der Waals surface area contributed by atoms with Crippen LogP contribution >= 0.6 is 0 Å². The van der Waals surface area contributed by atoms with E-state index in [0.29, 0.717) is 18.1 Å². The Hall–Kier alpha value is -2.50. The van der Waals surface area contributed by atoms with Gasteiger partial charge < -0.3 is 5.32 Å². The van der Waals surface area contributed by atoms with E-state index in [1.54, 1.807) is 12.3 Å². The van der Waals surface area contributed by atoms with Gasteiger partial charge in [0.05, 0.1) is 6.20 Å². The van der Waals surface area contributed by atoms with Gasteiger partial charge in [-0.1, -0.05) is 6.07 Å². The summed E-state index contributed by atoms with van der Waals surface area (Å²) in [7, 11) is 0. The van der Waals surface area contributed by atoms with Gasteiger partial charge in [-0.3, -0.25) is 4.98 Å². The third-order valence-corrected chi connectivity index (χ3v) is 2.72. The van der Waals surface area contributed by atoms with Gasteiger partial charge >= 0.3 is 0 Å². The second kappa shape index (κ2) is 4.64. The van der Waals surface area contributed by atoms with Crippen LogP contribution in [0, 0.1) is 12.7 Å². The van der Waals surface area contributed by atoms with Crippen LogP contribution in [-0.4, -0.2) is 19.6 Å². The Balaban J connectivity index is 1.76. The summed E-state index contributed by atoms with van der Waals surface area (Å²) in [6.45, 7) is 2.52. The van der Waals surface area contributed by atoms with Crippen LogP contribution in [0.3, 0.4) is 0 Å². The number of anilines is 1. The molecule has 0 bridgehead atoms. The van der Waals surface area contributed by atoms with Crippen LogP contribution in [0.1, 0.15) is 11.3 Å². The van der Waals surface area contributed by atoms with Crippen molar-refractivity contribution >= 4 is 11.6 Å². The highest BCUT2D eigenvalue weighted by Crippen LogP contribution is 2.08. The van der Waals surface area contributed by atoms with Crippen LogP contribution in [0.25, 0.3) is 5.65 Å². The smallest absolute Gasteiger partial charge is 0.243 e. The summed E-state index contributed by atoms with van der Waals surface area (Å²) in [4.78, 5) is 8.45. The normalized spacial score (nSPS) is 10.8. The van der Waals surface area contributed by atoms with E-state index < -0.39 is 0 Å². The Kier molecular flexibility index (Phi) is 2.83. The van der Waals surface area contributed by atoms with Gasteiger partial charge in [0.25, 0.3) is 0 Å². The lowest BCUT2D eigenvalue weighted by Gasteiger charge is -2.01. The van der Waals surface area contributed by atoms with Gasteiger partial charge in [-0.05, 0) is 30.7 Å². The minimum absolute atomic E-state index is 0.341. The molecule has 0 fully saturated rings. The summed E-state index contributed by atoms with van der Waals surface area (Å²) in [6.07, 6.45) is 3.10. The van der Waals surface area contributed by atoms with Crippen molar-refractivity contribution in [2.45, 2.75) is 13.5 Å². The lowest BCUT2D eigenvalue weighted by molar-refractivity contribution is 0.615. The molecule has 0 saturated carbocycles. The lowest BCUT2D eigenvalue weighted by atomic mass is 10.2. The molecule has 3 heterocycles. The molecule has 0 saturated heterocycles. The van der Waals surface area contributed by atoms with Gasteiger partial charge in [0.15, 0.2) is 5.65 Å². The Morgan fingerprint density at radius 2 is 2.16 bits per heavy atom. The quantitative estimate of drug-likeness (QED) is 0.781. The highest BCUT2D eigenvalue weighted by atomic mass is 19.1. The van der Waals surface area contributed by atoms with Crippen molar-refractivity contribution in [2.75, 3.05) is 5.32 Å². The van der Waals surface area contributed by atoms with Crippen molar-refractivity contribution in [3.8, 4) is 0 Å². The van der Waals surface area contributed by atoms with Crippen molar-refractivity contribution in [3.63, 3.8) is 0 Å². The topological polar surface area (TPSA) is 55.1 Å². The molecule has 0 aromatic carbocycles. The largest absolute Gasteiger partial charge is 0.349 e. The van der Waals surface area contributed by atoms with Gasteiger partial charge in [0, 0.05) is 18.4 Å². The van der Waals surface area contributed by atoms with Gasteiger partial charge in [0.2, 0.25) is 5.95 Å². The molecule has 1 N–H and O–H groups in total. The van der Waals surface area contributed by atoms with Crippen LogP contribution in [0.15, 0.2) is 36.7 Å². The zero-order valence-corrected chi connectivity index (χ0v) is 10.3. The Bertz CT molecular complexity index is 705.